The van der Waals surface area contributed by atoms with Gasteiger partial charge >= 0.3 is 0 Å². The van der Waals surface area contributed by atoms with Crippen molar-refractivity contribution in [1.82, 2.24) is 15.5 Å². The zero-order valence-electron chi connectivity index (χ0n) is 16.3. The second-order valence-corrected chi connectivity index (χ2v) is 8.06. The van der Waals surface area contributed by atoms with Crippen LogP contribution < -0.4 is 10.6 Å². The maximum absolute atomic E-state index is 12.6. The van der Waals surface area contributed by atoms with Gasteiger partial charge in [0.2, 0.25) is 5.91 Å². The van der Waals surface area contributed by atoms with Crippen LogP contribution in [0.4, 0.5) is 0 Å². The fourth-order valence-corrected chi connectivity index (χ4v) is 4.75. The first-order chi connectivity index (χ1) is 12.8. The first kappa shape index (κ1) is 23.4. The molecule has 3 aliphatic rings. The fourth-order valence-electron chi connectivity index (χ4n) is 4.75. The minimum Gasteiger partial charge on any atom is -0.374 e. The number of amides is 1. The second-order valence-electron chi connectivity index (χ2n) is 8.06. The number of rotatable bonds is 5. The summed E-state index contributed by atoms with van der Waals surface area (Å²) >= 11 is 0. The maximum Gasteiger partial charge on any atom is 0.237 e. The summed E-state index contributed by atoms with van der Waals surface area (Å²) in [5.41, 5.74) is 1.33. The van der Waals surface area contributed by atoms with Gasteiger partial charge in [-0.1, -0.05) is 43.2 Å². The molecule has 2 saturated heterocycles. The summed E-state index contributed by atoms with van der Waals surface area (Å²) < 4.78 is 5.88. The molecule has 4 rings (SSSR count). The number of carbonyl (C=O) groups is 1. The summed E-state index contributed by atoms with van der Waals surface area (Å²) in [6.45, 7) is 4.12. The molecule has 7 heteroatoms. The summed E-state index contributed by atoms with van der Waals surface area (Å²) in [5, 5.41) is 6.69. The lowest BCUT2D eigenvalue weighted by atomic mass is 9.85. The molecule has 2 aliphatic heterocycles. The van der Waals surface area contributed by atoms with Crippen LogP contribution in [0.15, 0.2) is 30.3 Å². The third-order valence-corrected chi connectivity index (χ3v) is 6.16. The molecule has 5 nitrogen and oxygen atoms in total. The summed E-state index contributed by atoms with van der Waals surface area (Å²) in [6.07, 6.45) is 6.22. The van der Waals surface area contributed by atoms with Crippen LogP contribution in [0.1, 0.15) is 37.7 Å². The smallest absolute Gasteiger partial charge is 0.237 e. The van der Waals surface area contributed by atoms with Crippen LogP contribution in [0.2, 0.25) is 0 Å². The molecule has 28 heavy (non-hydrogen) atoms. The van der Waals surface area contributed by atoms with E-state index in [1.807, 2.05) is 6.07 Å². The molecule has 158 valence electrons. The van der Waals surface area contributed by atoms with E-state index in [1.54, 1.807) is 0 Å². The van der Waals surface area contributed by atoms with Crippen molar-refractivity contribution in [2.45, 2.75) is 56.8 Å². The van der Waals surface area contributed by atoms with Crippen molar-refractivity contribution < 1.29 is 9.53 Å². The Morgan fingerprint density at radius 3 is 2.75 bits per heavy atom. The van der Waals surface area contributed by atoms with Crippen molar-refractivity contribution in [3.63, 3.8) is 0 Å². The molecule has 4 unspecified atom stereocenters. The standard InChI is InChI=1S/C21H31N3O2.2ClH/c25-21(20-12-17-8-4-5-9-19(17)23-20)22-13-18-15-24(10-11-26-18)14-16-6-2-1-3-7-16;;/h1-3,6-7,17-20,23H,4-5,8-15H2,(H,22,25);2*1H. The lowest BCUT2D eigenvalue weighted by molar-refractivity contribution is -0.124. The highest BCUT2D eigenvalue weighted by atomic mass is 35.5. The summed E-state index contributed by atoms with van der Waals surface area (Å²) in [4.78, 5) is 15.0. The van der Waals surface area contributed by atoms with Gasteiger partial charge in [-0.25, -0.2) is 0 Å². The van der Waals surface area contributed by atoms with E-state index >= 15 is 0 Å². The molecule has 1 aromatic rings. The van der Waals surface area contributed by atoms with Crippen LogP contribution in [-0.2, 0) is 16.1 Å². The van der Waals surface area contributed by atoms with E-state index in [0.29, 0.717) is 18.5 Å². The molecule has 1 amide bonds. The van der Waals surface area contributed by atoms with Gasteiger partial charge in [0.05, 0.1) is 18.8 Å². The molecule has 0 radical (unpaired) electrons. The van der Waals surface area contributed by atoms with Crippen molar-refractivity contribution in [2.75, 3.05) is 26.2 Å². The van der Waals surface area contributed by atoms with Crippen molar-refractivity contribution in [3.8, 4) is 0 Å². The molecular weight excluding hydrogens is 397 g/mol. The van der Waals surface area contributed by atoms with Gasteiger partial charge in [-0.15, -0.1) is 24.8 Å². The Bertz CT molecular complexity index is 591. The Balaban J connectivity index is 0.00000140. The van der Waals surface area contributed by atoms with E-state index in [-0.39, 0.29) is 42.9 Å². The lowest BCUT2D eigenvalue weighted by Gasteiger charge is -2.33. The van der Waals surface area contributed by atoms with E-state index < -0.39 is 0 Å². The van der Waals surface area contributed by atoms with Crippen LogP contribution in [0.5, 0.6) is 0 Å². The minimum absolute atomic E-state index is 0. The molecule has 1 aromatic carbocycles. The highest BCUT2D eigenvalue weighted by molar-refractivity contribution is 5.85. The first-order valence-electron chi connectivity index (χ1n) is 10.2. The van der Waals surface area contributed by atoms with Gasteiger partial charge in [0, 0.05) is 32.2 Å². The van der Waals surface area contributed by atoms with Crippen LogP contribution in [0.25, 0.3) is 0 Å². The van der Waals surface area contributed by atoms with E-state index in [4.69, 9.17) is 4.74 Å². The zero-order chi connectivity index (χ0) is 17.8. The Morgan fingerprint density at radius 1 is 1.18 bits per heavy atom. The number of benzene rings is 1. The SMILES string of the molecule is Cl.Cl.O=C(NCC1CN(Cc2ccccc2)CCO1)C1CC2CCCCC2N1. The quantitative estimate of drug-likeness (QED) is 0.755. The maximum atomic E-state index is 12.6. The normalized spacial score (nSPS) is 29.9. The number of halogens is 2. The minimum atomic E-state index is -0.00730. The van der Waals surface area contributed by atoms with E-state index in [9.17, 15) is 4.79 Å². The van der Waals surface area contributed by atoms with Crippen LogP contribution in [0, 0.1) is 5.92 Å². The van der Waals surface area contributed by atoms with Gasteiger partial charge < -0.3 is 15.4 Å². The Morgan fingerprint density at radius 2 is 1.96 bits per heavy atom. The van der Waals surface area contributed by atoms with Crippen molar-refractivity contribution in [3.05, 3.63) is 35.9 Å². The third-order valence-electron chi connectivity index (χ3n) is 6.16. The number of nitrogens with one attached hydrogen (secondary N) is 2. The van der Waals surface area contributed by atoms with Crippen molar-refractivity contribution in [2.24, 2.45) is 5.92 Å². The van der Waals surface area contributed by atoms with Gasteiger partial charge in [0.1, 0.15) is 0 Å². The second kappa shape index (κ2) is 11.4. The fraction of sp³-hybridized carbons (Fsp3) is 0.667. The predicted octanol–water partition coefficient (Wildman–Crippen LogP) is 2.77. The number of hydrogen-bond acceptors (Lipinski definition) is 4. The number of nitrogens with zero attached hydrogens (tertiary/aromatic N) is 1. The Kier molecular flexibility index (Phi) is 9.51. The molecule has 3 fully saturated rings. The highest BCUT2D eigenvalue weighted by Crippen LogP contribution is 2.33. The molecule has 0 bridgehead atoms. The molecular formula is C21H33Cl2N3O2. The first-order valence-corrected chi connectivity index (χ1v) is 10.2. The molecule has 1 saturated carbocycles. The van der Waals surface area contributed by atoms with Crippen LogP contribution in [-0.4, -0.2) is 55.2 Å². The van der Waals surface area contributed by atoms with Crippen LogP contribution in [0.3, 0.4) is 0 Å². The third kappa shape index (κ3) is 6.07. The molecule has 2 N–H and O–H groups in total. The highest BCUT2D eigenvalue weighted by Gasteiger charge is 2.38. The van der Waals surface area contributed by atoms with Crippen molar-refractivity contribution >= 4 is 30.7 Å². The number of hydrogen-bond donors (Lipinski definition) is 2. The van der Waals surface area contributed by atoms with Gasteiger partial charge in [-0.2, -0.15) is 0 Å². The Labute approximate surface area is 180 Å². The molecule has 0 spiro atoms. The lowest BCUT2D eigenvalue weighted by Crippen LogP contribution is -2.50. The van der Waals surface area contributed by atoms with Gasteiger partial charge in [0.25, 0.3) is 0 Å². The van der Waals surface area contributed by atoms with E-state index in [1.165, 1.54) is 31.2 Å². The summed E-state index contributed by atoms with van der Waals surface area (Å²) in [6, 6.07) is 11.1. The summed E-state index contributed by atoms with van der Waals surface area (Å²) in [7, 11) is 0. The van der Waals surface area contributed by atoms with E-state index in [2.05, 4.69) is 39.8 Å². The number of carbonyl (C=O) groups excluding carboxylic acids is 1. The monoisotopic (exact) mass is 429 g/mol. The molecule has 2 heterocycles. The van der Waals surface area contributed by atoms with Gasteiger partial charge in [-0.05, 0) is 30.7 Å². The average Bonchev–Trinajstić information content (AvgIpc) is 3.12. The zero-order valence-corrected chi connectivity index (χ0v) is 18.0. The topological polar surface area (TPSA) is 53.6 Å². The largest absolute Gasteiger partial charge is 0.374 e. The Hall–Kier alpha value is -0.850. The molecule has 0 aromatic heterocycles. The molecule has 4 atom stereocenters. The number of ether oxygens (including phenoxy) is 1. The molecule has 1 aliphatic carbocycles. The van der Waals surface area contributed by atoms with E-state index in [0.717, 1.165) is 32.7 Å². The number of fused-ring (bicyclic) bond motifs is 1. The van der Waals surface area contributed by atoms with Crippen LogP contribution >= 0.6 is 24.8 Å². The van der Waals surface area contributed by atoms with Gasteiger partial charge in [0.15, 0.2) is 0 Å². The van der Waals surface area contributed by atoms with Crippen molar-refractivity contribution in [1.29, 1.82) is 0 Å². The number of morpholine rings is 1. The summed E-state index contributed by atoms with van der Waals surface area (Å²) in [5.74, 6) is 0.856. The average molecular weight is 430 g/mol. The van der Waals surface area contributed by atoms with Gasteiger partial charge in [-0.3, -0.25) is 9.69 Å². The predicted molar refractivity (Wildman–Crippen MR) is 116 cm³/mol.